The SMILES string of the molecule is CC1(C)c2ccc(-c3ccc(-c4ccc(P(=O)(c5ccccc5)c5ccccc5)cc4)cc3)cc2-c2cc3ccccc3cc21. The van der Waals surface area contributed by atoms with Crippen LogP contribution in [0.4, 0.5) is 0 Å². The summed E-state index contributed by atoms with van der Waals surface area (Å²) in [7, 11) is -2.99. The summed E-state index contributed by atoms with van der Waals surface area (Å²) in [5.74, 6) is 0. The average Bonchev–Trinajstić information content (AvgIpc) is 3.32. The zero-order valence-corrected chi connectivity index (χ0v) is 26.3. The van der Waals surface area contributed by atoms with Gasteiger partial charge in [-0.1, -0.05) is 159 Å². The van der Waals surface area contributed by atoms with Gasteiger partial charge in [0.15, 0.2) is 7.14 Å². The van der Waals surface area contributed by atoms with E-state index in [0.717, 1.165) is 27.0 Å². The smallest absolute Gasteiger partial charge is 0.171 e. The van der Waals surface area contributed by atoms with Crippen LogP contribution in [0.15, 0.2) is 164 Å². The summed E-state index contributed by atoms with van der Waals surface area (Å²) < 4.78 is 14.7. The topological polar surface area (TPSA) is 17.1 Å². The fourth-order valence-electron chi connectivity index (χ4n) is 7.06. The van der Waals surface area contributed by atoms with Crippen LogP contribution in [0.2, 0.25) is 0 Å². The Bertz CT molecular complexity index is 2190. The summed E-state index contributed by atoms with van der Waals surface area (Å²) in [6, 6.07) is 57.1. The molecular weight excluding hydrogens is 563 g/mol. The summed E-state index contributed by atoms with van der Waals surface area (Å²) in [6.07, 6.45) is 0. The number of benzene rings is 7. The van der Waals surface area contributed by atoms with Crippen LogP contribution in [0.3, 0.4) is 0 Å². The normalized spacial score (nSPS) is 13.4. The maximum atomic E-state index is 14.7. The van der Waals surface area contributed by atoms with Crippen molar-refractivity contribution in [2.75, 3.05) is 0 Å². The molecule has 0 N–H and O–H groups in total. The number of fused-ring (bicyclic) bond motifs is 4. The molecule has 0 spiro atoms. The molecule has 1 aliphatic rings. The van der Waals surface area contributed by atoms with Gasteiger partial charge in [-0.05, 0) is 73.5 Å². The fourth-order valence-corrected chi connectivity index (χ4v) is 9.71. The van der Waals surface area contributed by atoms with Crippen LogP contribution in [-0.2, 0) is 9.98 Å². The fraction of sp³-hybridized carbons (Fsp3) is 0.0698. The highest BCUT2D eigenvalue weighted by Crippen LogP contribution is 2.51. The van der Waals surface area contributed by atoms with Crippen molar-refractivity contribution in [3.8, 4) is 33.4 Å². The minimum absolute atomic E-state index is 0.0335. The Morgan fingerprint density at radius 3 is 1.40 bits per heavy atom. The first-order chi connectivity index (χ1) is 21.9. The van der Waals surface area contributed by atoms with Gasteiger partial charge >= 0.3 is 0 Å². The zero-order chi connectivity index (χ0) is 30.6. The maximum absolute atomic E-state index is 14.7. The monoisotopic (exact) mass is 596 g/mol. The minimum atomic E-state index is -2.99. The second kappa shape index (κ2) is 10.6. The molecule has 45 heavy (non-hydrogen) atoms. The van der Waals surface area contributed by atoms with E-state index in [4.69, 9.17) is 0 Å². The Morgan fingerprint density at radius 1 is 0.400 bits per heavy atom. The lowest BCUT2D eigenvalue weighted by atomic mass is 9.81. The van der Waals surface area contributed by atoms with Gasteiger partial charge in [0, 0.05) is 21.3 Å². The van der Waals surface area contributed by atoms with Crippen molar-refractivity contribution in [2.24, 2.45) is 0 Å². The molecule has 0 heterocycles. The number of hydrogen-bond acceptors (Lipinski definition) is 1. The van der Waals surface area contributed by atoms with Crippen LogP contribution in [0.5, 0.6) is 0 Å². The molecule has 7 aromatic rings. The third kappa shape index (κ3) is 4.50. The van der Waals surface area contributed by atoms with Crippen molar-refractivity contribution in [3.63, 3.8) is 0 Å². The lowest BCUT2D eigenvalue weighted by Gasteiger charge is -2.22. The maximum Gasteiger partial charge on any atom is 0.171 e. The molecule has 8 rings (SSSR count). The molecule has 0 fully saturated rings. The second-order valence-electron chi connectivity index (χ2n) is 12.5. The lowest BCUT2D eigenvalue weighted by molar-refractivity contribution is 0.592. The van der Waals surface area contributed by atoms with Crippen LogP contribution >= 0.6 is 7.14 Å². The zero-order valence-electron chi connectivity index (χ0n) is 25.4. The predicted molar refractivity (Wildman–Crippen MR) is 192 cm³/mol. The molecule has 0 saturated heterocycles. The molecule has 1 aliphatic carbocycles. The van der Waals surface area contributed by atoms with Crippen molar-refractivity contribution in [2.45, 2.75) is 19.3 Å². The van der Waals surface area contributed by atoms with Gasteiger partial charge in [0.1, 0.15) is 0 Å². The Labute approximate surface area is 265 Å². The molecule has 0 saturated carbocycles. The van der Waals surface area contributed by atoms with Crippen molar-refractivity contribution >= 4 is 33.8 Å². The molecule has 2 heteroatoms. The molecule has 0 amide bonds. The standard InChI is InChI=1S/C43H33OP/c1-43(2)41-26-23-35(28-39(41)40-27-33-11-9-10-12-34(33)29-42(40)43)32-19-17-30(18-20-32)31-21-24-38(25-22-31)45(44,36-13-5-3-6-14-36)37-15-7-4-8-16-37/h3-29H,1-2H3. The third-order valence-corrected chi connectivity index (χ3v) is 12.6. The molecule has 0 aromatic heterocycles. The van der Waals surface area contributed by atoms with E-state index < -0.39 is 7.14 Å². The van der Waals surface area contributed by atoms with E-state index >= 15 is 0 Å². The van der Waals surface area contributed by atoms with Gasteiger partial charge in [0.05, 0.1) is 0 Å². The van der Waals surface area contributed by atoms with E-state index in [1.807, 2.05) is 72.8 Å². The Morgan fingerprint density at radius 2 is 0.822 bits per heavy atom. The summed E-state index contributed by atoms with van der Waals surface area (Å²) in [5.41, 5.74) is 10.1. The Hall–Kier alpha value is -4.97. The molecule has 0 bridgehead atoms. The van der Waals surface area contributed by atoms with Gasteiger partial charge < -0.3 is 4.57 Å². The van der Waals surface area contributed by atoms with E-state index in [0.29, 0.717) is 0 Å². The third-order valence-electron chi connectivity index (χ3n) is 9.56. The van der Waals surface area contributed by atoms with Gasteiger partial charge in [-0.15, -0.1) is 0 Å². The van der Waals surface area contributed by atoms with Crippen LogP contribution in [0, 0.1) is 0 Å². The quantitative estimate of drug-likeness (QED) is 0.181. The first-order valence-corrected chi connectivity index (χ1v) is 17.2. The van der Waals surface area contributed by atoms with E-state index in [9.17, 15) is 4.57 Å². The molecule has 0 atom stereocenters. The van der Waals surface area contributed by atoms with Crippen LogP contribution in [-0.4, -0.2) is 0 Å². The van der Waals surface area contributed by atoms with Gasteiger partial charge in [0.25, 0.3) is 0 Å². The highest BCUT2D eigenvalue weighted by atomic mass is 31.2. The highest BCUT2D eigenvalue weighted by Gasteiger charge is 2.36. The molecule has 0 unspecified atom stereocenters. The molecule has 1 nitrogen and oxygen atoms in total. The first-order valence-electron chi connectivity index (χ1n) is 15.5. The Balaban J connectivity index is 1.12. The summed E-state index contributed by atoms with van der Waals surface area (Å²) in [4.78, 5) is 0. The van der Waals surface area contributed by atoms with Gasteiger partial charge in [0.2, 0.25) is 0 Å². The summed E-state index contributed by atoms with van der Waals surface area (Å²) in [5, 5.41) is 5.12. The summed E-state index contributed by atoms with van der Waals surface area (Å²) >= 11 is 0. The average molecular weight is 597 g/mol. The number of hydrogen-bond donors (Lipinski definition) is 0. The highest BCUT2D eigenvalue weighted by molar-refractivity contribution is 7.85. The van der Waals surface area contributed by atoms with E-state index in [1.165, 1.54) is 44.2 Å². The molecule has 0 radical (unpaired) electrons. The minimum Gasteiger partial charge on any atom is -0.309 e. The molecule has 216 valence electrons. The molecular formula is C43H33OP. The second-order valence-corrected chi connectivity index (χ2v) is 15.3. The molecule has 0 aliphatic heterocycles. The van der Waals surface area contributed by atoms with Crippen molar-refractivity contribution in [1.29, 1.82) is 0 Å². The van der Waals surface area contributed by atoms with Crippen molar-refractivity contribution < 1.29 is 4.57 Å². The van der Waals surface area contributed by atoms with Crippen molar-refractivity contribution in [3.05, 3.63) is 175 Å². The van der Waals surface area contributed by atoms with Crippen LogP contribution < -0.4 is 15.9 Å². The van der Waals surface area contributed by atoms with Crippen molar-refractivity contribution in [1.82, 2.24) is 0 Å². The van der Waals surface area contributed by atoms with Gasteiger partial charge in [-0.25, -0.2) is 0 Å². The van der Waals surface area contributed by atoms with Gasteiger partial charge in [-0.2, -0.15) is 0 Å². The van der Waals surface area contributed by atoms with E-state index in [1.54, 1.807) is 0 Å². The predicted octanol–water partition coefficient (Wildman–Crippen LogP) is 10.1. The lowest BCUT2D eigenvalue weighted by Crippen LogP contribution is -2.24. The van der Waals surface area contributed by atoms with E-state index in [-0.39, 0.29) is 5.41 Å². The molecule has 7 aromatic carbocycles. The largest absolute Gasteiger partial charge is 0.309 e. The van der Waals surface area contributed by atoms with Gasteiger partial charge in [-0.3, -0.25) is 0 Å². The van der Waals surface area contributed by atoms with Crippen LogP contribution in [0.25, 0.3) is 44.2 Å². The van der Waals surface area contributed by atoms with Crippen LogP contribution in [0.1, 0.15) is 25.0 Å². The summed E-state index contributed by atoms with van der Waals surface area (Å²) in [6.45, 7) is 4.68. The number of rotatable bonds is 5. The van der Waals surface area contributed by atoms with E-state index in [2.05, 4.69) is 105 Å². The first kappa shape index (κ1) is 27.6. The Kier molecular flexibility index (Phi) is 6.48.